The summed E-state index contributed by atoms with van der Waals surface area (Å²) in [5.74, 6) is -0.251. The van der Waals surface area contributed by atoms with E-state index in [1.165, 1.54) is 0 Å². The zero-order valence-corrected chi connectivity index (χ0v) is 10.7. The quantitative estimate of drug-likeness (QED) is 0.755. The number of carbonyl (C=O) groups excluding carboxylic acids is 1. The van der Waals surface area contributed by atoms with Crippen LogP contribution >= 0.6 is 0 Å². The second-order valence-corrected chi connectivity index (χ2v) is 6.40. The van der Waals surface area contributed by atoms with Gasteiger partial charge in [0, 0.05) is 12.5 Å². The van der Waals surface area contributed by atoms with Crippen LogP contribution in [-0.2, 0) is 14.6 Å². The average molecular weight is 268 g/mol. The van der Waals surface area contributed by atoms with Crippen molar-refractivity contribution in [1.82, 2.24) is 5.32 Å². The molecule has 0 radical (unpaired) electrons. The largest absolute Gasteiger partial charge is 0.370 e. The van der Waals surface area contributed by atoms with Gasteiger partial charge in [0.05, 0.1) is 10.6 Å². The van der Waals surface area contributed by atoms with Crippen LogP contribution in [-0.4, -0.2) is 26.6 Å². The van der Waals surface area contributed by atoms with Crippen molar-refractivity contribution in [2.45, 2.75) is 23.8 Å². The van der Waals surface area contributed by atoms with E-state index in [9.17, 15) is 13.2 Å². The molecule has 0 saturated carbocycles. The molecular formula is C12H16N2O3S. The van der Waals surface area contributed by atoms with Crippen LogP contribution in [0.4, 0.5) is 0 Å². The lowest BCUT2D eigenvalue weighted by Gasteiger charge is -2.11. The van der Waals surface area contributed by atoms with E-state index in [1.54, 1.807) is 12.1 Å². The fourth-order valence-electron chi connectivity index (χ4n) is 2.16. The normalized spacial score (nSPS) is 20.6. The van der Waals surface area contributed by atoms with E-state index < -0.39 is 9.84 Å². The lowest BCUT2D eigenvalue weighted by atomic mass is 10.1. The fraction of sp³-hybridized carbons (Fsp3) is 0.417. The maximum absolute atomic E-state index is 11.9. The summed E-state index contributed by atoms with van der Waals surface area (Å²) in [5.41, 5.74) is 5.86. The minimum atomic E-state index is -3.16. The molecule has 0 saturated heterocycles. The van der Waals surface area contributed by atoms with Gasteiger partial charge in [0.25, 0.3) is 0 Å². The summed E-state index contributed by atoms with van der Waals surface area (Å²) in [6, 6.07) is 6.84. The van der Waals surface area contributed by atoms with Crippen LogP contribution in [0.25, 0.3) is 0 Å². The van der Waals surface area contributed by atoms with Gasteiger partial charge in [0.2, 0.25) is 5.91 Å². The van der Waals surface area contributed by atoms with Gasteiger partial charge in [-0.2, -0.15) is 0 Å². The Kier molecular flexibility index (Phi) is 3.68. The first-order valence-electron chi connectivity index (χ1n) is 5.84. The van der Waals surface area contributed by atoms with Crippen molar-refractivity contribution in [1.29, 1.82) is 0 Å². The highest BCUT2D eigenvalue weighted by Crippen LogP contribution is 2.32. The molecule has 0 fully saturated rings. The third-order valence-electron chi connectivity index (χ3n) is 3.01. The summed E-state index contributed by atoms with van der Waals surface area (Å²) >= 11 is 0. The summed E-state index contributed by atoms with van der Waals surface area (Å²) in [5, 5.41) is 3.16. The first kappa shape index (κ1) is 13.0. The third kappa shape index (κ3) is 2.70. The van der Waals surface area contributed by atoms with Crippen molar-refractivity contribution in [3.63, 3.8) is 0 Å². The standard InChI is InChI=1S/C12H16N2O3S/c13-12(15)6-3-7-14-10-8-18(16,17)11-5-2-1-4-9(10)11/h1-2,4-5,10,14H,3,6-8H2,(H2,13,15). The SMILES string of the molecule is NC(=O)CCCNC1CS(=O)(=O)c2ccccc21. The number of amides is 1. The van der Waals surface area contributed by atoms with Crippen molar-refractivity contribution in [3.05, 3.63) is 29.8 Å². The number of hydrogen-bond donors (Lipinski definition) is 2. The van der Waals surface area contributed by atoms with Crippen LogP contribution in [0.5, 0.6) is 0 Å². The monoisotopic (exact) mass is 268 g/mol. The van der Waals surface area contributed by atoms with Gasteiger partial charge in [0.1, 0.15) is 0 Å². The van der Waals surface area contributed by atoms with Gasteiger partial charge in [-0.15, -0.1) is 0 Å². The molecule has 18 heavy (non-hydrogen) atoms. The highest BCUT2D eigenvalue weighted by atomic mass is 32.2. The maximum Gasteiger partial charge on any atom is 0.217 e. The van der Waals surface area contributed by atoms with Gasteiger partial charge in [-0.05, 0) is 24.6 Å². The highest BCUT2D eigenvalue weighted by Gasteiger charge is 2.33. The van der Waals surface area contributed by atoms with E-state index >= 15 is 0 Å². The Morgan fingerprint density at radius 1 is 1.39 bits per heavy atom. The number of hydrogen-bond acceptors (Lipinski definition) is 4. The molecule has 98 valence electrons. The van der Waals surface area contributed by atoms with E-state index in [4.69, 9.17) is 5.73 Å². The Labute approximate surface area is 106 Å². The van der Waals surface area contributed by atoms with Crippen LogP contribution in [0.1, 0.15) is 24.4 Å². The predicted molar refractivity (Wildman–Crippen MR) is 67.7 cm³/mol. The molecule has 0 aromatic heterocycles. The van der Waals surface area contributed by atoms with Gasteiger partial charge in [0.15, 0.2) is 9.84 Å². The lowest BCUT2D eigenvalue weighted by molar-refractivity contribution is -0.118. The molecule has 0 bridgehead atoms. The molecule has 1 aliphatic rings. The maximum atomic E-state index is 11.9. The van der Waals surface area contributed by atoms with Crippen LogP contribution in [0.15, 0.2) is 29.2 Å². The van der Waals surface area contributed by atoms with Gasteiger partial charge < -0.3 is 11.1 Å². The molecule has 1 heterocycles. The zero-order chi connectivity index (χ0) is 13.2. The minimum absolute atomic E-state index is 0.0862. The van der Waals surface area contributed by atoms with Crippen LogP contribution < -0.4 is 11.1 Å². The molecule has 0 spiro atoms. The van der Waals surface area contributed by atoms with Crippen molar-refractivity contribution in [2.75, 3.05) is 12.3 Å². The second-order valence-electron chi connectivity index (χ2n) is 4.40. The molecule has 3 N–H and O–H groups in total. The molecule has 1 amide bonds. The van der Waals surface area contributed by atoms with Gasteiger partial charge in [-0.3, -0.25) is 4.79 Å². The molecule has 1 atom stereocenters. The number of rotatable bonds is 5. The average Bonchev–Trinajstić information content (AvgIpc) is 2.57. The van der Waals surface area contributed by atoms with Gasteiger partial charge in [-0.25, -0.2) is 8.42 Å². The summed E-state index contributed by atoms with van der Waals surface area (Å²) in [6.45, 7) is 0.581. The smallest absolute Gasteiger partial charge is 0.217 e. The molecule has 2 rings (SSSR count). The number of nitrogens with one attached hydrogen (secondary N) is 1. The first-order chi connectivity index (χ1) is 8.50. The summed E-state index contributed by atoms with van der Waals surface area (Å²) in [6.07, 6.45) is 0.933. The van der Waals surface area contributed by atoms with Gasteiger partial charge in [-0.1, -0.05) is 18.2 Å². The number of benzene rings is 1. The zero-order valence-electron chi connectivity index (χ0n) is 9.93. The molecule has 5 nitrogen and oxygen atoms in total. The number of sulfone groups is 1. The number of primary amides is 1. The van der Waals surface area contributed by atoms with E-state index in [-0.39, 0.29) is 17.7 Å². The number of nitrogens with two attached hydrogens (primary N) is 1. The van der Waals surface area contributed by atoms with E-state index in [2.05, 4.69) is 5.32 Å². The van der Waals surface area contributed by atoms with Crippen LogP contribution in [0, 0.1) is 0 Å². The van der Waals surface area contributed by atoms with Crippen molar-refractivity contribution >= 4 is 15.7 Å². The number of fused-ring (bicyclic) bond motifs is 1. The molecule has 6 heteroatoms. The van der Waals surface area contributed by atoms with E-state index in [1.807, 2.05) is 12.1 Å². The summed E-state index contributed by atoms with van der Waals surface area (Å²) < 4.78 is 23.8. The summed E-state index contributed by atoms with van der Waals surface area (Å²) in [7, 11) is -3.16. The minimum Gasteiger partial charge on any atom is -0.370 e. The predicted octanol–water partition coefficient (Wildman–Crippen LogP) is 0.370. The molecule has 1 aromatic rings. The fourth-order valence-corrected chi connectivity index (χ4v) is 3.93. The van der Waals surface area contributed by atoms with Crippen molar-refractivity contribution in [3.8, 4) is 0 Å². The Bertz CT molecular complexity index is 554. The van der Waals surface area contributed by atoms with E-state index in [0.29, 0.717) is 24.3 Å². The highest BCUT2D eigenvalue weighted by molar-refractivity contribution is 7.91. The summed E-state index contributed by atoms with van der Waals surface area (Å²) in [4.78, 5) is 11.0. The lowest BCUT2D eigenvalue weighted by Crippen LogP contribution is -2.25. The number of carbonyl (C=O) groups is 1. The third-order valence-corrected chi connectivity index (χ3v) is 4.82. The van der Waals surface area contributed by atoms with Crippen LogP contribution in [0.3, 0.4) is 0 Å². The molecule has 1 aromatic carbocycles. The molecule has 0 aliphatic carbocycles. The Hall–Kier alpha value is -1.40. The first-order valence-corrected chi connectivity index (χ1v) is 7.49. The van der Waals surface area contributed by atoms with Gasteiger partial charge >= 0.3 is 0 Å². The Morgan fingerprint density at radius 2 is 2.11 bits per heavy atom. The van der Waals surface area contributed by atoms with E-state index in [0.717, 1.165) is 5.56 Å². The topological polar surface area (TPSA) is 89.3 Å². The van der Waals surface area contributed by atoms with Crippen LogP contribution in [0.2, 0.25) is 0 Å². The Balaban J connectivity index is 2.02. The van der Waals surface area contributed by atoms with Crippen molar-refractivity contribution in [2.24, 2.45) is 5.73 Å². The Morgan fingerprint density at radius 3 is 2.83 bits per heavy atom. The molecule has 1 unspecified atom stereocenters. The second kappa shape index (κ2) is 5.07. The van der Waals surface area contributed by atoms with Crippen molar-refractivity contribution < 1.29 is 13.2 Å². The molecule has 1 aliphatic heterocycles. The molecular weight excluding hydrogens is 252 g/mol.